The monoisotopic (exact) mass is 584 g/mol. The predicted octanol–water partition coefficient (Wildman–Crippen LogP) is 8.41. The molecule has 3 rings (SSSR count). The molecule has 0 saturated heterocycles. The van der Waals surface area contributed by atoms with Crippen molar-refractivity contribution in [3.05, 3.63) is 96.3 Å². The summed E-state index contributed by atoms with van der Waals surface area (Å²) in [6.07, 6.45) is 4.89. The molecule has 0 bridgehead atoms. The molecule has 0 radical (unpaired) electrons. The first-order chi connectivity index (χ1) is 17.0. The Hall–Kier alpha value is -1.10. The predicted molar refractivity (Wildman–Crippen MR) is 156 cm³/mol. The third-order valence-corrected chi connectivity index (χ3v) is 5.36. The van der Waals surface area contributed by atoms with Gasteiger partial charge in [0.25, 0.3) is 0 Å². The molecule has 0 heterocycles. The zero-order chi connectivity index (χ0) is 26.9. The van der Waals surface area contributed by atoms with Crippen LogP contribution in [0.5, 0.6) is 0 Å². The van der Waals surface area contributed by atoms with E-state index in [1.165, 1.54) is 25.7 Å². The van der Waals surface area contributed by atoms with Gasteiger partial charge in [-0.25, -0.2) is 0 Å². The van der Waals surface area contributed by atoms with Gasteiger partial charge in [0.15, 0.2) is 0 Å². The number of nitrogens with zero attached hydrogens (tertiary/aromatic N) is 2. The van der Waals surface area contributed by atoms with E-state index in [1.807, 2.05) is 60.7 Å². The number of hydrogen-bond donors (Lipinski definition) is 0. The molecule has 0 aliphatic heterocycles. The third kappa shape index (κ3) is 21.5. The molecule has 1 saturated carbocycles. The van der Waals surface area contributed by atoms with Crippen LogP contribution in [0.3, 0.4) is 0 Å². The van der Waals surface area contributed by atoms with Crippen molar-refractivity contribution >= 4 is 0 Å². The van der Waals surface area contributed by atoms with Gasteiger partial charge in [-0.15, -0.1) is 37.4 Å². The molecule has 0 N–H and O–H groups in total. The molecule has 1 aliphatic carbocycles. The zero-order valence-electron chi connectivity index (χ0n) is 24.2. The van der Waals surface area contributed by atoms with Crippen LogP contribution in [0.15, 0.2) is 60.7 Å². The molecule has 2 aromatic carbocycles. The Morgan fingerprint density at radius 2 is 0.973 bits per heavy atom. The average molecular weight is 586 g/mol. The number of ether oxygens (including phenoxy) is 2. The molecule has 2 atom stereocenters. The summed E-state index contributed by atoms with van der Waals surface area (Å²) in [7, 11) is 0. The first-order valence-electron chi connectivity index (χ1n) is 13.3. The van der Waals surface area contributed by atoms with Crippen LogP contribution in [0.25, 0.3) is 10.6 Å². The fourth-order valence-corrected chi connectivity index (χ4v) is 3.61. The van der Waals surface area contributed by atoms with Gasteiger partial charge in [0.2, 0.25) is 0 Å². The van der Waals surface area contributed by atoms with Crippen molar-refractivity contribution in [2.45, 2.75) is 90.5 Å². The molecule has 2 aromatic rings. The Bertz CT molecular complexity index is 705. The van der Waals surface area contributed by atoms with Crippen molar-refractivity contribution in [3.63, 3.8) is 0 Å². The fraction of sp³-hybridized carbons (Fsp3) is 0.562. The molecule has 1 aliphatic rings. The van der Waals surface area contributed by atoms with E-state index in [2.05, 4.69) is 55.4 Å². The maximum absolute atomic E-state index is 5.75. The fourth-order valence-electron chi connectivity index (χ4n) is 3.61. The molecule has 0 unspecified atom stereocenters. The Kier molecular flexibility index (Phi) is 19.3. The van der Waals surface area contributed by atoms with E-state index in [9.17, 15) is 0 Å². The van der Waals surface area contributed by atoms with Crippen LogP contribution in [0.4, 0.5) is 0 Å². The summed E-state index contributed by atoms with van der Waals surface area (Å²) in [5.41, 5.74) is 2.00. The number of hydrogen-bond acceptors (Lipinski definition) is 2. The van der Waals surface area contributed by atoms with Crippen molar-refractivity contribution in [3.8, 4) is 0 Å². The second-order valence-electron chi connectivity index (χ2n) is 11.1. The molecular weight excluding hydrogens is 536 g/mol. The van der Waals surface area contributed by atoms with Crippen LogP contribution < -0.4 is 0 Å². The SMILES string of the molecule is CC(C)(C)OCC[N-][C@@H]1CCCC[C@H]1[N-]CCOC(C)(C)C.[CH2-]c1ccccc1.[CH2-]c1ccccc1.[Zr+4]. The van der Waals surface area contributed by atoms with Gasteiger partial charge in [-0.3, -0.25) is 0 Å². The Morgan fingerprint density at radius 1 is 0.649 bits per heavy atom. The summed E-state index contributed by atoms with van der Waals surface area (Å²) in [6.45, 7) is 22.9. The van der Waals surface area contributed by atoms with Crippen LogP contribution in [-0.4, -0.2) is 49.6 Å². The van der Waals surface area contributed by atoms with E-state index >= 15 is 0 Å². The van der Waals surface area contributed by atoms with Gasteiger partial charge in [0.1, 0.15) is 0 Å². The molecule has 37 heavy (non-hydrogen) atoms. The summed E-state index contributed by atoms with van der Waals surface area (Å²) in [6, 6.07) is 20.5. The minimum Gasteiger partial charge on any atom is -0.659 e. The van der Waals surface area contributed by atoms with E-state index in [-0.39, 0.29) is 37.4 Å². The molecular formula is C32H50N2O2Zr. The van der Waals surface area contributed by atoms with E-state index in [1.54, 1.807) is 0 Å². The van der Waals surface area contributed by atoms with Crippen LogP contribution in [-0.2, 0) is 35.7 Å². The van der Waals surface area contributed by atoms with Gasteiger partial charge >= 0.3 is 26.2 Å². The Morgan fingerprint density at radius 3 is 1.22 bits per heavy atom. The van der Waals surface area contributed by atoms with E-state index < -0.39 is 0 Å². The zero-order valence-corrected chi connectivity index (χ0v) is 26.7. The Labute approximate surface area is 247 Å². The van der Waals surface area contributed by atoms with Crippen molar-refractivity contribution in [1.29, 1.82) is 0 Å². The van der Waals surface area contributed by atoms with E-state index in [0.29, 0.717) is 25.3 Å². The summed E-state index contributed by atoms with van der Waals surface area (Å²) in [5.74, 6) is 0. The topological polar surface area (TPSA) is 46.7 Å². The van der Waals surface area contributed by atoms with Crippen LogP contribution in [0, 0.1) is 13.8 Å². The maximum atomic E-state index is 5.75. The molecule has 0 amide bonds. The Balaban J connectivity index is 0.000000696. The van der Waals surface area contributed by atoms with Crippen molar-refractivity contribution in [2.75, 3.05) is 26.3 Å². The van der Waals surface area contributed by atoms with Crippen molar-refractivity contribution in [2.24, 2.45) is 0 Å². The second kappa shape index (κ2) is 19.9. The summed E-state index contributed by atoms with van der Waals surface area (Å²) in [5, 5.41) is 9.67. The third-order valence-electron chi connectivity index (χ3n) is 5.36. The molecule has 0 spiro atoms. The van der Waals surface area contributed by atoms with Crippen LogP contribution >= 0.6 is 0 Å². The van der Waals surface area contributed by atoms with E-state index in [0.717, 1.165) is 24.2 Å². The van der Waals surface area contributed by atoms with Gasteiger partial charge in [-0.05, 0) is 41.5 Å². The summed E-state index contributed by atoms with van der Waals surface area (Å²) >= 11 is 0. The molecule has 0 aromatic heterocycles. The molecule has 1 fully saturated rings. The summed E-state index contributed by atoms with van der Waals surface area (Å²) in [4.78, 5) is 0. The van der Waals surface area contributed by atoms with Gasteiger partial charge in [0.05, 0.1) is 11.2 Å². The normalized spacial score (nSPS) is 17.4. The van der Waals surface area contributed by atoms with Crippen molar-refractivity contribution in [1.82, 2.24) is 0 Å². The van der Waals surface area contributed by atoms with Crippen molar-refractivity contribution < 1.29 is 35.7 Å². The largest absolute Gasteiger partial charge is 4.00 e. The van der Waals surface area contributed by atoms with E-state index in [4.69, 9.17) is 20.1 Å². The quantitative estimate of drug-likeness (QED) is 0.231. The molecule has 204 valence electrons. The van der Waals surface area contributed by atoms with Gasteiger partial charge in [0, 0.05) is 13.2 Å². The average Bonchev–Trinajstić information content (AvgIpc) is 2.81. The first kappa shape index (κ1) is 35.9. The maximum Gasteiger partial charge on any atom is 4.00 e. The number of rotatable bonds is 8. The standard InChI is InChI=1S/C18H36N2O2.2C7H7.Zr/c1-17(2,3)21-13-11-19-15-9-7-8-10-16(15)20-12-14-22-18(4,5)6;2*1-7-5-3-2-4-6-7;/h15-16H,7-14H2,1-6H3;2*2-6H,1H2;/q-2;2*-1;+4/t15-,16-;;;/m1.../s1. The second-order valence-corrected chi connectivity index (χ2v) is 11.1. The first-order valence-corrected chi connectivity index (χ1v) is 13.3. The smallest absolute Gasteiger partial charge is 0.659 e. The minimum atomic E-state index is -0.0733. The molecule has 4 nitrogen and oxygen atoms in total. The van der Waals surface area contributed by atoms with Crippen LogP contribution in [0.1, 0.15) is 78.4 Å². The molecule has 5 heteroatoms. The minimum absolute atomic E-state index is 0. The van der Waals surface area contributed by atoms with Gasteiger partial charge in [-0.2, -0.15) is 61.3 Å². The number of benzene rings is 2. The van der Waals surface area contributed by atoms with Gasteiger partial charge < -0.3 is 20.1 Å². The van der Waals surface area contributed by atoms with Gasteiger partial charge in [-0.1, -0.05) is 37.8 Å². The summed E-state index contributed by atoms with van der Waals surface area (Å²) < 4.78 is 11.5. The van der Waals surface area contributed by atoms with Crippen LogP contribution in [0.2, 0.25) is 0 Å².